The predicted molar refractivity (Wildman–Crippen MR) is 101 cm³/mol. The van der Waals surface area contributed by atoms with E-state index in [0.717, 1.165) is 8.95 Å². The highest BCUT2D eigenvalue weighted by Crippen LogP contribution is 2.23. The summed E-state index contributed by atoms with van der Waals surface area (Å²) in [5.41, 5.74) is 4.96. The monoisotopic (exact) mass is 470 g/mol. The summed E-state index contributed by atoms with van der Waals surface area (Å²) in [5, 5.41) is 0. The molecule has 132 valence electrons. The second-order valence-corrected chi connectivity index (χ2v) is 6.65. The number of carbonyl (C=O) groups is 2. The van der Waals surface area contributed by atoms with Gasteiger partial charge in [0.15, 0.2) is 6.61 Å². The van der Waals surface area contributed by atoms with E-state index >= 15 is 0 Å². The molecule has 6 nitrogen and oxygen atoms in total. The molecule has 0 radical (unpaired) electrons. The molecule has 2 N–H and O–H groups in total. The molecule has 0 fully saturated rings. The van der Waals surface area contributed by atoms with Crippen LogP contribution in [0, 0.1) is 0 Å². The van der Waals surface area contributed by atoms with E-state index in [0.29, 0.717) is 23.7 Å². The summed E-state index contributed by atoms with van der Waals surface area (Å²) >= 11 is 6.62. The highest BCUT2D eigenvalue weighted by molar-refractivity contribution is 9.10. The molecule has 0 unspecified atom stereocenters. The van der Waals surface area contributed by atoms with Gasteiger partial charge in [0.2, 0.25) is 0 Å². The minimum atomic E-state index is -0.484. The number of hydrogen-bond acceptors (Lipinski definition) is 4. The first kappa shape index (κ1) is 19.3. The highest BCUT2D eigenvalue weighted by Gasteiger charge is 2.14. The van der Waals surface area contributed by atoms with Gasteiger partial charge in [0.05, 0.1) is 12.2 Å². The second-order valence-electron chi connectivity index (χ2n) is 4.82. The van der Waals surface area contributed by atoms with Gasteiger partial charge < -0.3 is 9.47 Å². The first-order valence-electron chi connectivity index (χ1n) is 7.39. The first-order chi connectivity index (χ1) is 12.0. The third kappa shape index (κ3) is 6.06. The van der Waals surface area contributed by atoms with Crippen molar-refractivity contribution < 1.29 is 19.1 Å². The smallest absolute Gasteiger partial charge is 0.276 e. The lowest BCUT2D eigenvalue weighted by Crippen LogP contribution is -2.43. The van der Waals surface area contributed by atoms with E-state index < -0.39 is 11.8 Å². The van der Waals surface area contributed by atoms with Gasteiger partial charge in [-0.05, 0) is 49.4 Å². The SMILES string of the molecule is CCOc1ccc(Br)cc1C(=O)NNC(=O)COc1ccc(Br)cc1. The van der Waals surface area contributed by atoms with Gasteiger partial charge in [0.25, 0.3) is 11.8 Å². The van der Waals surface area contributed by atoms with E-state index in [1.165, 1.54) is 0 Å². The molecule has 2 aromatic carbocycles. The van der Waals surface area contributed by atoms with Crippen LogP contribution in [0.1, 0.15) is 17.3 Å². The third-order valence-corrected chi connectivity index (χ3v) is 4.01. The number of nitrogens with one attached hydrogen (secondary N) is 2. The third-order valence-electron chi connectivity index (χ3n) is 2.99. The zero-order valence-corrected chi connectivity index (χ0v) is 16.5. The van der Waals surface area contributed by atoms with Crippen molar-refractivity contribution >= 4 is 43.7 Å². The van der Waals surface area contributed by atoms with Crippen LogP contribution >= 0.6 is 31.9 Å². The van der Waals surface area contributed by atoms with Gasteiger partial charge in [-0.3, -0.25) is 20.4 Å². The normalized spacial score (nSPS) is 10.0. The van der Waals surface area contributed by atoms with Crippen molar-refractivity contribution in [3.63, 3.8) is 0 Å². The zero-order valence-electron chi connectivity index (χ0n) is 13.3. The number of amides is 2. The molecule has 2 rings (SSSR count). The number of carbonyl (C=O) groups excluding carboxylic acids is 2. The van der Waals surface area contributed by atoms with E-state index in [1.54, 1.807) is 42.5 Å². The van der Waals surface area contributed by atoms with Crippen molar-refractivity contribution in [2.75, 3.05) is 13.2 Å². The summed E-state index contributed by atoms with van der Waals surface area (Å²) in [5.74, 6) is 0.0184. The molecule has 0 aromatic heterocycles. The Bertz CT molecular complexity index is 751. The number of hydrazine groups is 1. The molecular formula is C17H16Br2N2O4. The van der Waals surface area contributed by atoms with Gasteiger partial charge in [0.1, 0.15) is 11.5 Å². The van der Waals surface area contributed by atoms with Gasteiger partial charge >= 0.3 is 0 Å². The van der Waals surface area contributed by atoms with Gasteiger partial charge in [-0.15, -0.1) is 0 Å². The highest BCUT2D eigenvalue weighted by atomic mass is 79.9. The van der Waals surface area contributed by atoms with Crippen LogP contribution < -0.4 is 20.3 Å². The van der Waals surface area contributed by atoms with Gasteiger partial charge in [-0.1, -0.05) is 31.9 Å². The fourth-order valence-corrected chi connectivity index (χ4v) is 2.50. The maximum atomic E-state index is 12.2. The number of hydrogen-bond donors (Lipinski definition) is 2. The molecule has 0 aliphatic rings. The molecule has 25 heavy (non-hydrogen) atoms. The summed E-state index contributed by atoms with van der Waals surface area (Å²) in [6.45, 7) is 2.03. The summed E-state index contributed by atoms with van der Waals surface area (Å²) in [4.78, 5) is 24.0. The number of ether oxygens (including phenoxy) is 2. The molecule has 0 saturated heterocycles. The summed E-state index contributed by atoms with van der Waals surface area (Å²) in [6, 6.07) is 12.1. The van der Waals surface area contributed by atoms with Crippen molar-refractivity contribution in [1.29, 1.82) is 0 Å². The van der Waals surface area contributed by atoms with Gasteiger partial charge in [-0.2, -0.15) is 0 Å². The maximum Gasteiger partial charge on any atom is 0.276 e. The Kier molecular flexibility index (Phi) is 7.27. The summed E-state index contributed by atoms with van der Waals surface area (Å²) < 4.78 is 12.4. The van der Waals surface area contributed by atoms with Gasteiger partial charge in [-0.25, -0.2) is 0 Å². The first-order valence-corrected chi connectivity index (χ1v) is 8.98. The van der Waals surface area contributed by atoms with E-state index in [9.17, 15) is 9.59 Å². The topological polar surface area (TPSA) is 76.7 Å². The van der Waals surface area contributed by atoms with Crippen LogP contribution in [0.5, 0.6) is 11.5 Å². The number of benzene rings is 2. The fraction of sp³-hybridized carbons (Fsp3) is 0.176. The minimum absolute atomic E-state index is 0.223. The van der Waals surface area contributed by atoms with Crippen LogP contribution in [-0.2, 0) is 4.79 Å². The van der Waals surface area contributed by atoms with Crippen LogP contribution in [0.2, 0.25) is 0 Å². The quantitative estimate of drug-likeness (QED) is 0.632. The molecule has 0 atom stereocenters. The molecule has 2 aromatic rings. The van der Waals surface area contributed by atoms with Crippen molar-refractivity contribution in [2.45, 2.75) is 6.92 Å². The Morgan fingerprint density at radius 2 is 1.64 bits per heavy atom. The van der Waals surface area contributed by atoms with Crippen LogP contribution in [-0.4, -0.2) is 25.0 Å². The standard InChI is InChI=1S/C17H16Br2N2O4/c1-2-24-15-8-5-12(19)9-14(15)17(23)21-20-16(22)10-25-13-6-3-11(18)4-7-13/h3-9H,2,10H2,1H3,(H,20,22)(H,21,23). The van der Waals surface area contributed by atoms with E-state index in [2.05, 4.69) is 42.7 Å². The van der Waals surface area contributed by atoms with E-state index in [4.69, 9.17) is 9.47 Å². The largest absolute Gasteiger partial charge is 0.493 e. The second kappa shape index (κ2) is 9.43. The lowest BCUT2D eigenvalue weighted by atomic mass is 10.2. The average Bonchev–Trinajstić information content (AvgIpc) is 2.61. The molecule has 0 spiro atoms. The van der Waals surface area contributed by atoms with E-state index in [1.807, 2.05) is 6.92 Å². The molecule has 0 heterocycles. The maximum absolute atomic E-state index is 12.2. The van der Waals surface area contributed by atoms with Crippen LogP contribution in [0.4, 0.5) is 0 Å². The fourth-order valence-electron chi connectivity index (χ4n) is 1.87. The minimum Gasteiger partial charge on any atom is -0.493 e. The molecule has 0 aliphatic heterocycles. The van der Waals surface area contributed by atoms with Crippen LogP contribution in [0.15, 0.2) is 51.4 Å². The van der Waals surface area contributed by atoms with Crippen LogP contribution in [0.25, 0.3) is 0 Å². The number of halogens is 2. The summed E-state index contributed by atoms with van der Waals surface area (Å²) in [7, 11) is 0. The van der Waals surface area contributed by atoms with E-state index in [-0.39, 0.29) is 6.61 Å². The van der Waals surface area contributed by atoms with Crippen LogP contribution in [0.3, 0.4) is 0 Å². The van der Waals surface area contributed by atoms with Crippen molar-refractivity contribution in [2.24, 2.45) is 0 Å². The average molecular weight is 472 g/mol. The Morgan fingerprint density at radius 1 is 0.960 bits per heavy atom. The predicted octanol–water partition coefficient (Wildman–Crippen LogP) is 3.45. The summed E-state index contributed by atoms with van der Waals surface area (Å²) in [6.07, 6.45) is 0. The molecule has 0 bridgehead atoms. The molecule has 8 heteroatoms. The molecule has 0 saturated carbocycles. The molecular weight excluding hydrogens is 456 g/mol. The Hall–Kier alpha value is -2.06. The number of rotatable bonds is 6. The van der Waals surface area contributed by atoms with Gasteiger partial charge in [0, 0.05) is 8.95 Å². The Labute approximate surface area is 162 Å². The lowest BCUT2D eigenvalue weighted by Gasteiger charge is -2.12. The Balaban J connectivity index is 1.87. The van der Waals surface area contributed by atoms with Crippen molar-refractivity contribution in [3.8, 4) is 11.5 Å². The van der Waals surface area contributed by atoms with Crippen molar-refractivity contribution in [1.82, 2.24) is 10.9 Å². The lowest BCUT2D eigenvalue weighted by molar-refractivity contribution is -0.123. The molecule has 0 aliphatic carbocycles. The zero-order chi connectivity index (χ0) is 18.2. The molecule has 2 amide bonds. The Morgan fingerprint density at radius 3 is 2.32 bits per heavy atom. The van der Waals surface area contributed by atoms with Crippen molar-refractivity contribution in [3.05, 3.63) is 57.0 Å².